The highest BCUT2D eigenvalue weighted by atomic mass is 35.5. The second-order valence-electron chi connectivity index (χ2n) is 6.07. The molecule has 132 valence electrons. The molecule has 25 heavy (non-hydrogen) atoms. The lowest BCUT2D eigenvalue weighted by Gasteiger charge is -2.08. The minimum absolute atomic E-state index is 0.294. The minimum Gasteiger partial charge on any atom is -0.462 e. The number of esters is 2. The predicted octanol–water partition coefficient (Wildman–Crippen LogP) is 5.15. The van der Waals surface area contributed by atoms with Crippen LogP contribution in [0.5, 0.6) is 5.75 Å². The lowest BCUT2D eigenvalue weighted by atomic mass is 10.1. The molecule has 4 nitrogen and oxygen atoms in total. The topological polar surface area (TPSA) is 52.6 Å². The van der Waals surface area contributed by atoms with Crippen LogP contribution in [-0.4, -0.2) is 18.5 Å². The predicted molar refractivity (Wildman–Crippen MR) is 97.2 cm³/mol. The van der Waals surface area contributed by atoms with E-state index in [1.807, 2.05) is 0 Å². The summed E-state index contributed by atoms with van der Waals surface area (Å²) in [6, 6.07) is 12.9. The van der Waals surface area contributed by atoms with Crippen LogP contribution < -0.4 is 4.74 Å². The van der Waals surface area contributed by atoms with E-state index in [4.69, 9.17) is 21.1 Å². The van der Waals surface area contributed by atoms with Gasteiger partial charge in [0.15, 0.2) is 0 Å². The van der Waals surface area contributed by atoms with E-state index in [0.717, 1.165) is 12.8 Å². The van der Waals surface area contributed by atoms with Crippen molar-refractivity contribution in [2.75, 3.05) is 6.61 Å². The molecule has 2 rings (SSSR count). The van der Waals surface area contributed by atoms with Gasteiger partial charge in [0.25, 0.3) is 0 Å². The average Bonchev–Trinajstić information content (AvgIpc) is 2.60. The fourth-order valence-corrected chi connectivity index (χ4v) is 2.34. The Kier molecular flexibility index (Phi) is 7.02. The first-order valence-electron chi connectivity index (χ1n) is 8.21. The van der Waals surface area contributed by atoms with E-state index in [2.05, 4.69) is 13.8 Å². The van der Waals surface area contributed by atoms with Crippen molar-refractivity contribution < 1.29 is 19.1 Å². The van der Waals surface area contributed by atoms with Gasteiger partial charge in [0.2, 0.25) is 0 Å². The zero-order valence-electron chi connectivity index (χ0n) is 14.3. The van der Waals surface area contributed by atoms with E-state index < -0.39 is 11.9 Å². The summed E-state index contributed by atoms with van der Waals surface area (Å²) in [4.78, 5) is 24.1. The SMILES string of the molecule is CC(C)CCCOC(=O)c1ccc(C(=O)Oc2ccccc2Cl)cc1. The number of halogens is 1. The van der Waals surface area contributed by atoms with E-state index in [-0.39, 0.29) is 0 Å². The summed E-state index contributed by atoms with van der Waals surface area (Å²) < 4.78 is 10.5. The van der Waals surface area contributed by atoms with Gasteiger partial charge in [-0.15, -0.1) is 0 Å². The van der Waals surface area contributed by atoms with Crippen molar-refractivity contribution in [3.8, 4) is 5.75 Å². The maximum atomic E-state index is 12.1. The smallest absolute Gasteiger partial charge is 0.343 e. The standard InChI is InChI=1S/C20H21ClO4/c1-14(2)6-5-13-24-19(22)15-9-11-16(12-10-15)20(23)25-18-8-4-3-7-17(18)21/h3-4,7-12,14H,5-6,13H2,1-2H3. The second-order valence-corrected chi connectivity index (χ2v) is 6.48. The summed E-state index contributed by atoms with van der Waals surface area (Å²) >= 11 is 5.96. The molecule has 0 unspecified atom stereocenters. The van der Waals surface area contributed by atoms with Crippen LogP contribution >= 0.6 is 11.6 Å². The van der Waals surface area contributed by atoms with Gasteiger partial charge in [-0.1, -0.05) is 37.6 Å². The fourth-order valence-electron chi connectivity index (χ4n) is 2.17. The maximum absolute atomic E-state index is 12.1. The second kappa shape index (κ2) is 9.23. The third-order valence-electron chi connectivity index (χ3n) is 3.55. The average molecular weight is 361 g/mol. The van der Waals surface area contributed by atoms with E-state index in [1.54, 1.807) is 36.4 Å². The molecular weight excluding hydrogens is 340 g/mol. The molecule has 0 N–H and O–H groups in total. The lowest BCUT2D eigenvalue weighted by Crippen LogP contribution is -2.10. The number of rotatable bonds is 7. The van der Waals surface area contributed by atoms with Crippen molar-refractivity contribution in [2.45, 2.75) is 26.7 Å². The van der Waals surface area contributed by atoms with Crippen molar-refractivity contribution in [1.29, 1.82) is 0 Å². The van der Waals surface area contributed by atoms with Gasteiger partial charge in [-0.25, -0.2) is 9.59 Å². The molecule has 0 heterocycles. The van der Waals surface area contributed by atoms with Gasteiger partial charge >= 0.3 is 11.9 Å². The summed E-state index contributed by atoms with van der Waals surface area (Å²) in [5.41, 5.74) is 0.732. The normalized spacial score (nSPS) is 10.6. The third-order valence-corrected chi connectivity index (χ3v) is 3.87. The zero-order valence-corrected chi connectivity index (χ0v) is 15.1. The Balaban J connectivity index is 1.91. The fraction of sp³-hybridized carbons (Fsp3) is 0.300. The molecule has 0 fully saturated rings. The highest BCUT2D eigenvalue weighted by Crippen LogP contribution is 2.24. The minimum atomic E-state index is -0.537. The van der Waals surface area contributed by atoms with Gasteiger partial charge in [0, 0.05) is 0 Å². The van der Waals surface area contributed by atoms with Crippen molar-refractivity contribution in [1.82, 2.24) is 0 Å². The molecule has 2 aromatic rings. The van der Waals surface area contributed by atoms with Gasteiger partial charge in [-0.3, -0.25) is 0 Å². The van der Waals surface area contributed by atoms with Crippen LogP contribution in [0.2, 0.25) is 5.02 Å². The lowest BCUT2D eigenvalue weighted by molar-refractivity contribution is 0.0494. The van der Waals surface area contributed by atoms with Crippen molar-refractivity contribution in [3.63, 3.8) is 0 Å². The quantitative estimate of drug-likeness (QED) is 0.389. The Labute approximate surface area is 152 Å². The third kappa shape index (κ3) is 5.91. The Morgan fingerprint density at radius 1 is 0.960 bits per heavy atom. The molecule has 0 aliphatic carbocycles. The molecular formula is C20H21ClO4. The monoisotopic (exact) mass is 360 g/mol. The number of ether oxygens (including phenoxy) is 2. The highest BCUT2D eigenvalue weighted by molar-refractivity contribution is 6.32. The number of carbonyl (C=O) groups excluding carboxylic acids is 2. The van der Waals surface area contributed by atoms with Crippen molar-refractivity contribution in [2.24, 2.45) is 5.92 Å². The van der Waals surface area contributed by atoms with Gasteiger partial charge in [-0.05, 0) is 55.2 Å². The first-order valence-corrected chi connectivity index (χ1v) is 8.59. The van der Waals surface area contributed by atoms with Crippen LogP contribution in [0.3, 0.4) is 0 Å². The summed E-state index contributed by atoms with van der Waals surface area (Å²) in [6.45, 7) is 4.65. The van der Waals surface area contributed by atoms with E-state index in [1.165, 1.54) is 12.1 Å². The molecule has 0 spiro atoms. The van der Waals surface area contributed by atoms with Crippen molar-refractivity contribution in [3.05, 3.63) is 64.7 Å². The molecule has 0 aromatic heterocycles. The van der Waals surface area contributed by atoms with Crippen LogP contribution in [0.25, 0.3) is 0 Å². The van der Waals surface area contributed by atoms with Gasteiger partial charge in [0.1, 0.15) is 5.75 Å². The van der Waals surface area contributed by atoms with E-state index in [0.29, 0.717) is 34.4 Å². The van der Waals surface area contributed by atoms with Crippen LogP contribution in [0.4, 0.5) is 0 Å². The van der Waals surface area contributed by atoms with E-state index >= 15 is 0 Å². The van der Waals surface area contributed by atoms with Gasteiger partial charge < -0.3 is 9.47 Å². The number of carbonyl (C=O) groups is 2. The summed E-state index contributed by atoms with van der Waals surface area (Å²) in [5.74, 6) is -0.0513. The molecule has 5 heteroatoms. The highest BCUT2D eigenvalue weighted by Gasteiger charge is 2.13. The molecule has 2 aromatic carbocycles. The van der Waals surface area contributed by atoms with Crippen LogP contribution in [0.15, 0.2) is 48.5 Å². The molecule has 0 radical (unpaired) electrons. The Hall–Kier alpha value is -2.33. The number of hydrogen-bond donors (Lipinski definition) is 0. The Bertz CT molecular complexity index is 723. The summed E-state index contributed by atoms with van der Waals surface area (Å²) in [5, 5.41) is 0.359. The first-order chi connectivity index (χ1) is 12.0. The first kappa shape index (κ1) is 19.0. The van der Waals surface area contributed by atoms with Crippen LogP contribution in [-0.2, 0) is 4.74 Å². The van der Waals surface area contributed by atoms with E-state index in [9.17, 15) is 9.59 Å². The number of para-hydroxylation sites is 1. The Morgan fingerprint density at radius 3 is 2.16 bits per heavy atom. The maximum Gasteiger partial charge on any atom is 0.343 e. The number of hydrogen-bond acceptors (Lipinski definition) is 4. The Morgan fingerprint density at radius 2 is 1.56 bits per heavy atom. The molecule has 0 aliphatic rings. The molecule has 0 saturated carbocycles. The van der Waals surface area contributed by atoms with Crippen LogP contribution in [0.1, 0.15) is 47.4 Å². The van der Waals surface area contributed by atoms with Gasteiger partial charge in [0.05, 0.1) is 22.8 Å². The molecule has 0 aliphatic heterocycles. The molecule has 0 amide bonds. The number of benzene rings is 2. The van der Waals surface area contributed by atoms with Crippen LogP contribution in [0, 0.1) is 5.92 Å². The molecule has 0 saturated heterocycles. The van der Waals surface area contributed by atoms with Gasteiger partial charge in [-0.2, -0.15) is 0 Å². The molecule has 0 bridgehead atoms. The summed E-state index contributed by atoms with van der Waals surface area (Å²) in [7, 11) is 0. The zero-order chi connectivity index (χ0) is 18.2. The largest absolute Gasteiger partial charge is 0.462 e. The van der Waals surface area contributed by atoms with Crippen molar-refractivity contribution >= 4 is 23.5 Å². The molecule has 0 atom stereocenters. The summed E-state index contributed by atoms with van der Waals surface area (Å²) in [6.07, 6.45) is 1.85.